The van der Waals surface area contributed by atoms with Crippen LogP contribution in [0.15, 0.2) is 30.7 Å². The first-order valence-corrected chi connectivity index (χ1v) is 9.35. The third-order valence-electron chi connectivity index (χ3n) is 6.01. The number of H-pyrrole nitrogens is 1. The first-order valence-electron chi connectivity index (χ1n) is 9.35. The third-order valence-corrected chi connectivity index (χ3v) is 6.01. The van der Waals surface area contributed by atoms with E-state index in [1.165, 1.54) is 61.3 Å². The van der Waals surface area contributed by atoms with Gasteiger partial charge in [0.2, 0.25) is 0 Å². The van der Waals surface area contributed by atoms with E-state index in [9.17, 15) is 0 Å². The molecule has 124 valence electrons. The summed E-state index contributed by atoms with van der Waals surface area (Å²) in [5, 5.41) is 6.42. The van der Waals surface area contributed by atoms with Crippen LogP contribution in [-0.4, -0.2) is 27.0 Å². The van der Waals surface area contributed by atoms with Crippen LogP contribution in [-0.2, 0) is 0 Å². The van der Waals surface area contributed by atoms with Gasteiger partial charge in [0.25, 0.3) is 0 Å². The maximum atomic E-state index is 4.47. The Bertz CT molecular complexity index is 864. The highest BCUT2D eigenvalue weighted by atomic mass is 15.0. The van der Waals surface area contributed by atoms with Gasteiger partial charge in [0.05, 0.1) is 11.7 Å². The molecule has 0 bridgehead atoms. The number of hydrogen-bond donors (Lipinski definition) is 2. The lowest BCUT2D eigenvalue weighted by Crippen LogP contribution is -2.44. The van der Waals surface area contributed by atoms with Gasteiger partial charge in [0.1, 0.15) is 0 Å². The number of pyridine rings is 2. The van der Waals surface area contributed by atoms with Gasteiger partial charge in [-0.25, -0.2) is 9.97 Å². The van der Waals surface area contributed by atoms with Gasteiger partial charge in [-0.2, -0.15) is 0 Å². The van der Waals surface area contributed by atoms with E-state index in [4.69, 9.17) is 0 Å². The van der Waals surface area contributed by atoms with Crippen molar-refractivity contribution in [2.45, 2.75) is 62.9 Å². The first-order chi connectivity index (χ1) is 11.9. The molecule has 0 aliphatic heterocycles. The normalized spacial score (nSPS) is 25.2. The maximum absolute atomic E-state index is 4.47. The van der Waals surface area contributed by atoms with Crippen molar-refractivity contribution in [2.24, 2.45) is 0 Å². The molecule has 2 fully saturated rings. The Morgan fingerprint density at radius 1 is 1.00 bits per heavy atom. The fourth-order valence-corrected chi connectivity index (χ4v) is 4.56. The van der Waals surface area contributed by atoms with Crippen LogP contribution in [0.3, 0.4) is 0 Å². The second kappa shape index (κ2) is 5.85. The number of aromatic nitrogens is 3. The molecule has 3 heterocycles. The Labute approximate surface area is 142 Å². The number of nitrogens with zero attached hydrogens (tertiary/aromatic N) is 2. The fraction of sp³-hybridized carbons (Fsp3) is 0.500. The van der Waals surface area contributed by atoms with E-state index in [1.54, 1.807) is 0 Å². The summed E-state index contributed by atoms with van der Waals surface area (Å²) in [7, 11) is 0. The lowest BCUT2D eigenvalue weighted by Gasteiger charge is -2.36. The molecular formula is C20H24N4. The fourth-order valence-electron chi connectivity index (χ4n) is 4.56. The summed E-state index contributed by atoms with van der Waals surface area (Å²) in [6, 6.07) is 5.85. The molecule has 3 aromatic rings. The Morgan fingerprint density at radius 2 is 1.88 bits per heavy atom. The molecule has 2 aliphatic rings. The number of hydrogen-bond acceptors (Lipinski definition) is 3. The molecule has 4 heteroatoms. The van der Waals surface area contributed by atoms with Crippen molar-refractivity contribution in [2.75, 3.05) is 0 Å². The lowest BCUT2D eigenvalue weighted by atomic mass is 9.79. The Morgan fingerprint density at radius 3 is 2.75 bits per heavy atom. The monoisotopic (exact) mass is 320 g/mol. The van der Waals surface area contributed by atoms with Gasteiger partial charge in [0.15, 0.2) is 5.65 Å². The van der Waals surface area contributed by atoms with E-state index in [2.05, 4.69) is 38.6 Å². The number of fused-ring (bicyclic) bond motifs is 3. The van der Waals surface area contributed by atoms with Crippen molar-refractivity contribution in [3.63, 3.8) is 0 Å². The average Bonchev–Trinajstić information content (AvgIpc) is 3.07. The van der Waals surface area contributed by atoms with Crippen LogP contribution >= 0.6 is 0 Å². The zero-order valence-corrected chi connectivity index (χ0v) is 14.0. The number of nitrogens with one attached hydrogen (secondary N) is 2. The van der Waals surface area contributed by atoms with Crippen molar-refractivity contribution < 1.29 is 0 Å². The Hall–Kier alpha value is -1.94. The maximum Gasteiger partial charge on any atom is 0.159 e. The van der Waals surface area contributed by atoms with Gasteiger partial charge < -0.3 is 10.3 Å². The zero-order valence-electron chi connectivity index (χ0n) is 14.0. The van der Waals surface area contributed by atoms with Crippen LogP contribution < -0.4 is 5.32 Å². The highest BCUT2D eigenvalue weighted by Crippen LogP contribution is 2.38. The summed E-state index contributed by atoms with van der Waals surface area (Å²) in [6.45, 7) is 0. The van der Waals surface area contributed by atoms with Crippen molar-refractivity contribution in [3.8, 4) is 0 Å². The predicted molar refractivity (Wildman–Crippen MR) is 97.2 cm³/mol. The van der Waals surface area contributed by atoms with Gasteiger partial charge in [0, 0.05) is 35.2 Å². The minimum Gasteiger partial charge on any atom is -0.360 e. The van der Waals surface area contributed by atoms with Crippen LogP contribution in [0, 0.1) is 0 Å². The first kappa shape index (κ1) is 14.4. The summed E-state index contributed by atoms with van der Waals surface area (Å²) in [6.07, 6.45) is 15.2. The summed E-state index contributed by atoms with van der Waals surface area (Å²) >= 11 is 0. The van der Waals surface area contributed by atoms with Gasteiger partial charge >= 0.3 is 0 Å². The second-order valence-electron chi connectivity index (χ2n) is 7.52. The van der Waals surface area contributed by atoms with Crippen molar-refractivity contribution in [1.82, 2.24) is 20.3 Å². The molecule has 5 rings (SSSR count). The largest absolute Gasteiger partial charge is 0.360 e. The van der Waals surface area contributed by atoms with Crippen LogP contribution in [0.2, 0.25) is 0 Å². The van der Waals surface area contributed by atoms with E-state index in [-0.39, 0.29) is 0 Å². The van der Waals surface area contributed by atoms with E-state index >= 15 is 0 Å². The molecular weight excluding hydrogens is 296 g/mol. The molecule has 2 aliphatic carbocycles. The molecule has 0 saturated heterocycles. The van der Waals surface area contributed by atoms with Crippen molar-refractivity contribution in [3.05, 3.63) is 36.3 Å². The minimum atomic E-state index is 0.633. The van der Waals surface area contributed by atoms with E-state index in [1.807, 2.05) is 12.4 Å². The van der Waals surface area contributed by atoms with Crippen LogP contribution in [0.5, 0.6) is 0 Å². The molecule has 24 heavy (non-hydrogen) atoms. The van der Waals surface area contributed by atoms with Crippen LogP contribution in [0.1, 0.15) is 56.4 Å². The molecule has 2 atom stereocenters. The standard InChI is InChI=1S/C20H24N4/c1-3-13(11-15(6-1)24-14-4-2-5-14)16-7-9-21-18-12-23-20-17(19(16)18)8-10-22-20/h7-10,12-15,21,24H,1-6,11H2. The molecule has 3 aromatic heterocycles. The topological polar surface area (TPSA) is 53.6 Å². The summed E-state index contributed by atoms with van der Waals surface area (Å²) in [4.78, 5) is 12.2. The Kier molecular flexibility index (Phi) is 3.51. The second-order valence-corrected chi connectivity index (χ2v) is 7.52. The van der Waals surface area contributed by atoms with Crippen LogP contribution in [0.4, 0.5) is 0 Å². The van der Waals surface area contributed by atoms with Crippen LogP contribution in [0.25, 0.3) is 21.9 Å². The van der Waals surface area contributed by atoms with Gasteiger partial charge in [-0.15, -0.1) is 0 Å². The van der Waals surface area contributed by atoms with Gasteiger partial charge in [-0.1, -0.05) is 12.8 Å². The molecule has 0 aromatic carbocycles. The molecule has 0 spiro atoms. The Balaban J connectivity index is 1.52. The number of rotatable bonds is 3. The predicted octanol–water partition coefficient (Wildman–Crippen LogP) is 4.28. The van der Waals surface area contributed by atoms with Crippen molar-refractivity contribution in [1.29, 1.82) is 0 Å². The third kappa shape index (κ3) is 2.40. The summed E-state index contributed by atoms with van der Waals surface area (Å²) in [5.41, 5.74) is 3.47. The minimum absolute atomic E-state index is 0.633. The van der Waals surface area contributed by atoms with E-state index < -0.39 is 0 Å². The van der Waals surface area contributed by atoms with E-state index in [0.717, 1.165) is 17.2 Å². The summed E-state index contributed by atoms with van der Waals surface area (Å²) in [5.74, 6) is 0.633. The highest BCUT2D eigenvalue weighted by molar-refractivity contribution is 6.05. The molecule has 0 radical (unpaired) electrons. The highest BCUT2D eigenvalue weighted by Gasteiger charge is 2.28. The number of aromatic amines is 1. The zero-order chi connectivity index (χ0) is 15.9. The van der Waals surface area contributed by atoms with Gasteiger partial charge in [-0.05, 0) is 55.7 Å². The quantitative estimate of drug-likeness (QED) is 0.757. The smallest absolute Gasteiger partial charge is 0.159 e. The van der Waals surface area contributed by atoms with Gasteiger partial charge in [-0.3, -0.25) is 0 Å². The SMILES string of the molecule is c1cc2c(n1)ncc1[nH]ccc(C3CCCC(NC4CCC4)C3)c12. The van der Waals surface area contributed by atoms with Crippen molar-refractivity contribution >= 4 is 21.9 Å². The molecule has 2 N–H and O–H groups in total. The molecule has 2 unspecified atom stereocenters. The average molecular weight is 320 g/mol. The molecule has 2 saturated carbocycles. The molecule has 0 amide bonds. The lowest BCUT2D eigenvalue weighted by molar-refractivity contribution is 0.254. The summed E-state index contributed by atoms with van der Waals surface area (Å²) < 4.78 is 0. The van der Waals surface area contributed by atoms with E-state index in [0.29, 0.717) is 12.0 Å². The molecule has 4 nitrogen and oxygen atoms in total.